The molecule has 0 saturated heterocycles. The van der Waals surface area contributed by atoms with Crippen LogP contribution in [0.4, 0.5) is 0 Å². The highest BCUT2D eigenvalue weighted by Crippen LogP contribution is 2.34. The van der Waals surface area contributed by atoms with E-state index >= 15 is 0 Å². The molecule has 0 radical (unpaired) electrons. The van der Waals surface area contributed by atoms with E-state index in [1.807, 2.05) is 24.3 Å². The Morgan fingerprint density at radius 2 is 1.83 bits per heavy atom. The number of aromatic nitrogens is 2. The van der Waals surface area contributed by atoms with Crippen LogP contribution in [0.1, 0.15) is 31.2 Å². The molecule has 0 bridgehead atoms. The SMILES string of the molecule is CCCCc1nc2ccccc2n1Cc1cc(Br)c(O)c(Br)c1. The first kappa shape index (κ1) is 16.5. The maximum atomic E-state index is 9.89. The number of fused-ring (bicyclic) bond motifs is 1. The number of imidazole rings is 1. The van der Waals surface area contributed by atoms with Crippen LogP contribution in [0.5, 0.6) is 5.75 Å². The molecule has 23 heavy (non-hydrogen) atoms. The van der Waals surface area contributed by atoms with Crippen molar-refractivity contribution in [3.8, 4) is 5.75 Å². The average Bonchev–Trinajstić information content (AvgIpc) is 2.88. The lowest BCUT2D eigenvalue weighted by atomic mass is 10.2. The fourth-order valence-electron chi connectivity index (χ4n) is 2.72. The molecule has 120 valence electrons. The lowest BCUT2D eigenvalue weighted by molar-refractivity contribution is 0.468. The molecular formula is C18H18Br2N2O. The zero-order valence-electron chi connectivity index (χ0n) is 12.9. The number of nitrogens with zero attached hydrogens (tertiary/aromatic N) is 2. The fourth-order valence-corrected chi connectivity index (χ4v) is 4.00. The Kier molecular flexibility index (Phi) is 5.07. The normalized spacial score (nSPS) is 11.3. The van der Waals surface area contributed by atoms with Crippen molar-refractivity contribution in [1.29, 1.82) is 0 Å². The molecule has 3 aromatic rings. The third kappa shape index (κ3) is 3.45. The third-order valence-electron chi connectivity index (χ3n) is 3.90. The van der Waals surface area contributed by atoms with Crippen molar-refractivity contribution in [2.75, 3.05) is 0 Å². The highest BCUT2D eigenvalue weighted by atomic mass is 79.9. The topological polar surface area (TPSA) is 38.0 Å². The first-order chi connectivity index (χ1) is 11.1. The first-order valence-electron chi connectivity index (χ1n) is 7.71. The number of aromatic hydroxyl groups is 1. The zero-order valence-corrected chi connectivity index (χ0v) is 16.1. The standard InChI is InChI=1S/C18H18Br2N2O/c1-2-3-8-17-21-15-6-4-5-7-16(15)22(17)11-12-9-13(19)18(23)14(20)10-12/h4-7,9-10,23H,2-3,8,11H2,1H3. The lowest BCUT2D eigenvalue weighted by Crippen LogP contribution is -2.05. The van der Waals surface area contributed by atoms with Gasteiger partial charge in [-0.05, 0) is 68.1 Å². The maximum absolute atomic E-state index is 9.89. The molecule has 0 aliphatic carbocycles. The van der Waals surface area contributed by atoms with Crippen molar-refractivity contribution in [3.05, 3.63) is 56.7 Å². The summed E-state index contributed by atoms with van der Waals surface area (Å²) < 4.78 is 3.67. The Balaban J connectivity index is 2.04. The van der Waals surface area contributed by atoms with Crippen LogP contribution in [0.25, 0.3) is 11.0 Å². The summed E-state index contributed by atoms with van der Waals surface area (Å²) in [5, 5.41) is 9.89. The molecule has 3 nitrogen and oxygen atoms in total. The molecule has 0 saturated carbocycles. The molecule has 0 aliphatic rings. The Morgan fingerprint density at radius 3 is 2.52 bits per heavy atom. The van der Waals surface area contributed by atoms with Gasteiger partial charge in [-0.15, -0.1) is 0 Å². The minimum absolute atomic E-state index is 0.232. The number of aryl methyl sites for hydroxylation is 1. The monoisotopic (exact) mass is 436 g/mol. The van der Waals surface area contributed by atoms with E-state index < -0.39 is 0 Å². The van der Waals surface area contributed by atoms with Crippen LogP contribution in [-0.4, -0.2) is 14.7 Å². The van der Waals surface area contributed by atoms with E-state index in [4.69, 9.17) is 4.98 Å². The van der Waals surface area contributed by atoms with E-state index in [-0.39, 0.29) is 5.75 Å². The molecule has 5 heteroatoms. The van der Waals surface area contributed by atoms with Gasteiger partial charge in [-0.1, -0.05) is 25.5 Å². The summed E-state index contributed by atoms with van der Waals surface area (Å²) in [4.78, 5) is 4.80. The molecule has 1 aromatic heterocycles. The smallest absolute Gasteiger partial charge is 0.143 e. The van der Waals surface area contributed by atoms with Gasteiger partial charge in [0.2, 0.25) is 0 Å². The largest absolute Gasteiger partial charge is 0.506 e. The summed E-state index contributed by atoms with van der Waals surface area (Å²) in [6.07, 6.45) is 3.26. The first-order valence-corrected chi connectivity index (χ1v) is 9.29. The van der Waals surface area contributed by atoms with E-state index in [9.17, 15) is 5.11 Å². The number of hydrogen-bond donors (Lipinski definition) is 1. The number of rotatable bonds is 5. The molecule has 0 amide bonds. The van der Waals surface area contributed by atoms with Gasteiger partial charge in [0.05, 0.1) is 20.0 Å². The van der Waals surface area contributed by atoms with Gasteiger partial charge in [-0.2, -0.15) is 0 Å². The van der Waals surface area contributed by atoms with Crippen molar-refractivity contribution < 1.29 is 5.11 Å². The van der Waals surface area contributed by atoms with Crippen molar-refractivity contribution >= 4 is 42.9 Å². The van der Waals surface area contributed by atoms with Crippen LogP contribution in [-0.2, 0) is 13.0 Å². The molecule has 0 atom stereocenters. The number of halogens is 2. The molecule has 1 heterocycles. The van der Waals surface area contributed by atoms with E-state index in [0.717, 1.165) is 48.2 Å². The van der Waals surface area contributed by atoms with E-state index in [1.54, 1.807) is 0 Å². The maximum Gasteiger partial charge on any atom is 0.143 e. The van der Waals surface area contributed by atoms with Crippen LogP contribution in [0.15, 0.2) is 45.3 Å². The molecule has 0 aliphatic heterocycles. The minimum atomic E-state index is 0.232. The lowest BCUT2D eigenvalue weighted by Gasteiger charge is -2.11. The molecule has 2 aromatic carbocycles. The predicted octanol–water partition coefficient (Wildman–Crippen LogP) is 5.66. The van der Waals surface area contributed by atoms with Crippen LogP contribution in [0.3, 0.4) is 0 Å². The van der Waals surface area contributed by atoms with Crippen molar-refractivity contribution in [3.63, 3.8) is 0 Å². The summed E-state index contributed by atoms with van der Waals surface area (Å²) in [6, 6.07) is 12.2. The highest BCUT2D eigenvalue weighted by Gasteiger charge is 2.12. The van der Waals surface area contributed by atoms with Crippen LogP contribution in [0, 0.1) is 0 Å². The number of para-hydroxylation sites is 2. The van der Waals surface area contributed by atoms with Crippen LogP contribution >= 0.6 is 31.9 Å². The molecular weight excluding hydrogens is 420 g/mol. The predicted molar refractivity (Wildman–Crippen MR) is 101 cm³/mol. The van der Waals surface area contributed by atoms with Gasteiger partial charge in [-0.3, -0.25) is 0 Å². The number of phenols is 1. The van der Waals surface area contributed by atoms with Crippen LogP contribution in [0.2, 0.25) is 0 Å². The summed E-state index contributed by atoms with van der Waals surface area (Å²) in [5.74, 6) is 1.35. The van der Waals surface area contributed by atoms with Gasteiger partial charge in [0.15, 0.2) is 0 Å². The fraction of sp³-hybridized carbons (Fsp3) is 0.278. The van der Waals surface area contributed by atoms with Gasteiger partial charge in [-0.25, -0.2) is 4.98 Å². The molecule has 3 rings (SSSR count). The van der Waals surface area contributed by atoms with Crippen molar-refractivity contribution in [2.45, 2.75) is 32.7 Å². The Morgan fingerprint density at radius 1 is 1.13 bits per heavy atom. The second-order valence-electron chi connectivity index (χ2n) is 5.61. The zero-order chi connectivity index (χ0) is 16.4. The number of benzene rings is 2. The Hall–Kier alpha value is -1.33. The summed E-state index contributed by atoms with van der Waals surface area (Å²) in [5.41, 5.74) is 3.30. The van der Waals surface area contributed by atoms with E-state index in [0.29, 0.717) is 8.95 Å². The summed E-state index contributed by atoms with van der Waals surface area (Å²) >= 11 is 6.81. The van der Waals surface area contributed by atoms with Gasteiger partial charge < -0.3 is 9.67 Å². The van der Waals surface area contributed by atoms with Gasteiger partial charge in [0.25, 0.3) is 0 Å². The van der Waals surface area contributed by atoms with Crippen molar-refractivity contribution in [1.82, 2.24) is 9.55 Å². The van der Waals surface area contributed by atoms with Gasteiger partial charge >= 0.3 is 0 Å². The van der Waals surface area contributed by atoms with Gasteiger partial charge in [0.1, 0.15) is 11.6 Å². The van der Waals surface area contributed by atoms with Gasteiger partial charge in [0, 0.05) is 13.0 Å². The van der Waals surface area contributed by atoms with E-state index in [2.05, 4.69) is 55.5 Å². The molecule has 0 fully saturated rings. The molecule has 0 unspecified atom stereocenters. The Labute approximate surface area is 152 Å². The highest BCUT2D eigenvalue weighted by molar-refractivity contribution is 9.11. The molecule has 1 N–H and O–H groups in total. The quantitative estimate of drug-likeness (QED) is 0.559. The van der Waals surface area contributed by atoms with Crippen molar-refractivity contribution in [2.24, 2.45) is 0 Å². The second-order valence-corrected chi connectivity index (χ2v) is 7.32. The number of unbranched alkanes of at least 4 members (excludes halogenated alkanes) is 1. The average molecular weight is 438 g/mol. The van der Waals surface area contributed by atoms with Crippen LogP contribution < -0.4 is 0 Å². The second kappa shape index (κ2) is 7.05. The number of phenolic OH excluding ortho intramolecular Hbond substituents is 1. The third-order valence-corrected chi connectivity index (χ3v) is 5.11. The summed E-state index contributed by atoms with van der Waals surface area (Å²) in [6.45, 7) is 2.93. The van der Waals surface area contributed by atoms with E-state index in [1.165, 1.54) is 0 Å². The number of hydrogen-bond acceptors (Lipinski definition) is 2. The Bertz CT molecular complexity index is 819. The summed E-state index contributed by atoms with van der Waals surface area (Å²) in [7, 11) is 0. The molecule has 0 spiro atoms. The minimum Gasteiger partial charge on any atom is -0.506 e.